The number of hydrogen-bond donors (Lipinski definition) is 3. The Bertz CT molecular complexity index is 177. The van der Waals surface area contributed by atoms with Crippen molar-refractivity contribution in [3.8, 4) is 0 Å². The second-order valence-corrected chi connectivity index (χ2v) is 3.53. The predicted molar refractivity (Wildman–Crippen MR) is 41.3 cm³/mol. The molecule has 0 amide bonds. The Kier molecular flexibility index (Phi) is 9.42. The molecule has 5 nitrogen and oxygen atoms in total. The van der Waals surface area contributed by atoms with Gasteiger partial charge in [0.1, 0.15) is 5.25 Å². The molecule has 0 aromatic heterocycles. The van der Waals surface area contributed by atoms with E-state index in [9.17, 15) is 8.42 Å². The Labute approximate surface area is 108 Å². The van der Waals surface area contributed by atoms with Crippen molar-refractivity contribution in [1.82, 2.24) is 0 Å². The summed E-state index contributed by atoms with van der Waals surface area (Å²) in [4.78, 5) is 0. The molecule has 64 valence electrons. The number of hydrogen-bond acceptors (Lipinski definition) is 4. The Morgan fingerprint density at radius 3 is 1.82 bits per heavy atom. The van der Waals surface area contributed by atoms with E-state index in [1.54, 1.807) is 0 Å². The SMILES string of the molecule is O=S(=O)(O)C(CO)CCO.[KH]. The Balaban J connectivity index is 0. The van der Waals surface area contributed by atoms with Crippen LogP contribution in [0.25, 0.3) is 0 Å². The molecule has 7 heteroatoms. The van der Waals surface area contributed by atoms with E-state index in [2.05, 4.69) is 0 Å². The summed E-state index contributed by atoms with van der Waals surface area (Å²) in [6.45, 7) is -1.04. The monoisotopic (exact) mass is 210 g/mol. The normalized spacial score (nSPS) is 13.7. The van der Waals surface area contributed by atoms with Crippen molar-refractivity contribution in [2.24, 2.45) is 0 Å². The molecule has 0 spiro atoms. The number of aliphatic hydroxyl groups excluding tert-OH is 2. The van der Waals surface area contributed by atoms with Crippen LogP contribution in [0.3, 0.4) is 0 Å². The first-order chi connectivity index (χ1) is 4.52. The van der Waals surface area contributed by atoms with Crippen LogP contribution in [-0.4, -0.2) is 93.0 Å². The van der Waals surface area contributed by atoms with Crippen molar-refractivity contribution in [2.45, 2.75) is 11.7 Å². The molecule has 0 saturated heterocycles. The first-order valence-corrected chi connectivity index (χ1v) is 4.20. The van der Waals surface area contributed by atoms with Gasteiger partial charge in [-0.25, -0.2) is 0 Å². The maximum absolute atomic E-state index is 10.2. The van der Waals surface area contributed by atoms with E-state index in [0.29, 0.717) is 0 Å². The first-order valence-electron chi connectivity index (χ1n) is 2.70. The van der Waals surface area contributed by atoms with E-state index < -0.39 is 22.0 Å². The maximum atomic E-state index is 10.2. The van der Waals surface area contributed by atoms with Gasteiger partial charge < -0.3 is 10.2 Å². The van der Waals surface area contributed by atoms with Crippen LogP contribution in [-0.2, 0) is 10.1 Å². The molecule has 0 aromatic carbocycles. The molecule has 0 heterocycles. The van der Waals surface area contributed by atoms with Gasteiger partial charge in [-0.1, -0.05) is 0 Å². The van der Waals surface area contributed by atoms with Gasteiger partial charge in [-0.3, -0.25) is 4.55 Å². The zero-order chi connectivity index (χ0) is 8.20. The molecule has 11 heavy (non-hydrogen) atoms. The van der Waals surface area contributed by atoms with Gasteiger partial charge in [-0.2, -0.15) is 8.42 Å². The molecule has 0 aliphatic heterocycles. The van der Waals surface area contributed by atoms with E-state index in [1.807, 2.05) is 0 Å². The summed E-state index contributed by atoms with van der Waals surface area (Å²) in [6, 6.07) is 0. The minimum absolute atomic E-state index is 0. The van der Waals surface area contributed by atoms with E-state index in [1.165, 1.54) is 0 Å². The third kappa shape index (κ3) is 6.61. The van der Waals surface area contributed by atoms with E-state index in [4.69, 9.17) is 14.8 Å². The van der Waals surface area contributed by atoms with E-state index >= 15 is 0 Å². The van der Waals surface area contributed by atoms with Gasteiger partial charge >= 0.3 is 51.4 Å². The van der Waals surface area contributed by atoms with Crippen LogP contribution in [0.1, 0.15) is 6.42 Å². The van der Waals surface area contributed by atoms with Gasteiger partial charge in [0.15, 0.2) is 0 Å². The summed E-state index contributed by atoms with van der Waals surface area (Å²) in [5.74, 6) is 0. The predicted octanol–water partition coefficient (Wildman–Crippen LogP) is -2.03. The molecule has 0 rings (SSSR count). The summed E-state index contributed by atoms with van der Waals surface area (Å²) in [6.07, 6.45) is -0.144. The number of aliphatic hydroxyl groups is 2. The molecule has 0 fully saturated rings. The third-order valence-electron chi connectivity index (χ3n) is 1.08. The second-order valence-electron chi connectivity index (χ2n) is 1.83. The summed E-state index contributed by atoms with van der Waals surface area (Å²) in [7, 11) is -4.19. The fourth-order valence-electron chi connectivity index (χ4n) is 0.478. The van der Waals surface area contributed by atoms with Gasteiger partial charge in [0.2, 0.25) is 0 Å². The average Bonchev–Trinajstić information content (AvgIpc) is 1.80. The number of rotatable bonds is 4. The molecule has 0 aliphatic rings. The first kappa shape index (κ1) is 15.0. The Morgan fingerprint density at radius 1 is 1.27 bits per heavy atom. The van der Waals surface area contributed by atoms with Crippen molar-refractivity contribution < 1.29 is 23.2 Å². The van der Waals surface area contributed by atoms with Crippen LogP contribution >= 0.6 is 0 Å². The van der Waals surface area contributed by atoms with Crippen molar-refractivity contribution in [2.75, 3.05) is 13.2 Å². The topological polar surface area (TPSA) is 94.8 Å². The molecule has 0 radical (unpaired) electrons. The van der Waals surface area contributed by atoms with Crippen LogP contribution in [0, 0.1) is 0 Å². The van der Waals surface area contributed by atoms with Gasteiger partial charge in [0.05, 0.1) is 6.61 Å². The van der Waals surface area contributed by atoms with Gasteiger partial charge in [0, 0.05) is 6.61 Å². The summed E-state index contributed by atoms with van der Waals surface area (Å²) in [5.41, 5.74) is 0. The van der Waals surface area contributed by atoms with Crippen molar-refractivity contribution >= 4 is 61.5 Å². The molecule has 0 bridgehead atoms. The van der Waals surface area contributed by atoms with Crippen molar-refractivity contribution in [3.63, 3.8) is 0 Å². The van der Waals surface area contributed by atoms with Crippen LogP contribution in [0.15, 0.2) is 0 Å². The van der Waals surface area contributed by atoms with E-state index in [-0.39, 0.29) is 64.4 Å². The van der Waals surface area contributed by atoms with Crippen molar-refractivity contribution in [1.29, 1.82) is 0 Å². The van der Waals surface area contributed by atoms with Crippen LogP contribution in [0.4, 0.5) is 0 Å². The third-order valence-corrected chi connectivity index (χ3v) is 2.30. The molecular formula is C4H11KO5S. The van der Waals surface area contributed by atoms with E-state index in [0.717, 1.165) is 0 Å². The van der Waals surface area contributed by atoms with Crippen molar-refractivity contribution in [3.05, 3.63) is 0 Å². The zero-order valence-electron chi connectivity index (χ0n) is 5.27. The molecule has 0 saturated carbocycles. The van der Waals surface area contributed by atoms with Gasteiger partial charge in [-0.15, -0.1) is 0 Å². The molecule has 3 N–H and O–H groups in total. The molecular weight excluding hydrogens is 199 g/mol. The standard InChI is InChI=1S/C4H10O5S.K.H/c5-2-1-4(3-6)10(7,8)9;;/h4-6H,1-3H2,(H,7,8,9);;. The Hall–Kier alpha value is 1.47. The van der Waals surface area contributed by atoms with Gasteiger partial charge in [-0.05, 0) is 6.42 Å². The van der Waals surface area contributed by atoms with Gasteiger partial charge in [0.25, 0.3) is 10.1 Å². The summed E-state index contributed by atoms with van der Waals surface area (Å²) >= 11 is 0. The summed E-state index contributed by atoms with van der Waals surface area (Å²) in [5, 5.41) is 15.3. The van der Waals surface area contributed by atoms with Crippen LogP contribution in [0.2, 0.25) is 0 Å². The Morgan fingerprint density at radius 2 is 1.73 bits per heavy atom. The molecule has 0 aromatic rings. The molecule has 1 atom stereocenters. The average molecular weight is 210 g/mol. The molecule has 1 unspecified atom stereocenters. The second kappa shape index (κ2) is 6.93. The zero-order valence-corrected chi connectivity index (χ0v) is 6.08. The minimum atomic E-state index is -4.19. The fraction of sp³-hybridized carbons (Fsp3) is 1.00. The fourth-order valence-corrected chi connectivity index (χ4v) is 1.07. The van der Waals surface area contributed by atoms with Crippen LogP contribution in [0.5, 0.6) is 0 Å². The quantitative estimate of drug-likeness (QED) is 0.367. The van der Waals surface area contributed by atoms with Crippen LogP contribution < -0.4 is 0 Å². The summed E-state index contributed by atoms with van der Waals surface area (Å²) < 4.78 is 28.8. The molecule has 0 aliphatic carbocycles.